The van der Waals surface area contributed by atoms with E-state index < -0.39 is 0 Å². The zero-order chi connectivity index (χ0) is 19.4. The first-order valence-electron chi connectivity index (χ1n) is 8.81. The van der Waals surface area contributed by atoms with Gasteiger partial charge in [0.25, 0.3) is 5.56 Å². The molecule has 0 amide bonds. The number of fused-ring (bicyclic) bond motifs is 1. The van der Waals surface area contributed by atoms with Crippen molar-refractivity contribution >= 4 is 28.6 Å². The summed E-state index contributed by atoms with van der Waals surface area (Å²) < 4.78 is 6.81. The summed E-state index contributed by atoms with van der Waals surface area (Å²) >= 11 is 1.23. The lowest BCUT2D eigenvalue weighted by Crippen LogP contribution is -2.24. The summed E-state index contributed by atoms with van der Waals surface area (Å²) in [5, 5.41) is 1.08. The second-order valence-electron chi connectivity index (χ2n) is 6.62. The van der Waals surface area contributed by atoms with Gasteiger partial charge in [0.15, 0.2) is 5.16 Å². The number of esters is 1. The maximum absolute atomic E-state index is 13.0. The molecule has 0 spiro atoms. The standard InChI is InChI=1S/C21H22N2O3S/c1-14(2)26-19(24)13-27-21-22-18-7-5-4-6-17(18)20(25)23(21)12-16-10-8-15(3)9-11-16/h4-11,14H,12-13H2,1-3H3. The summed E-state index contributed by atoms with van der Waals surface area (Å²) in [6.45, 7) is 6.04. The van der Waals surface area contributed by atoms with E-state index in [9.17, 15) is 9.59 Å². The highest BCUT2D eigenvalue weighted by Gasteiger charge is 2.14. The fourth-order valence-corrected chi connectivity index (χ4v) is 3.47. The van der Waals surface area contributed by atoms with Crippen LogP contribution in [0.3, 0.4) is 0 Å². The van der Waals surface area contributed by atoms with Crippen LogP contribution < -0.4 is 5.56 Å². The Morgan fingerprint density at radius 3 is 2.56 bits per heavy atom. The molecular formula is C21H22N2O3S. The number of thioether (sulfide) groups is 1. The molecule has 2 aromatic carbocycles. The number of aromatic nitrogens is 2. The molecule has 0 unspecified atom stereocenters. The summed E-state index contributed by atoms with van der Waals surface area (Å²) in [4.78, 5) is 29.6. The molecule has 0 radical (unpaired) electrons. The van der Waals surface area contributed by atoms with Gasteiger partial charge in [0, 0.05) is 0 Å². The minimum Gasteiger partial charge on any atom is -0.462 e. The van der Waals surface area contributed by atoms with Crippen LogP contribution in [0.2, 0.25) is 0 Å². The van der Waals surface area contributed by atoms with Crippen molar-refractivity contribution in [2.24, 2.45) is 0 Å². The number of hydrogen-bond acceptors (Lipinski definition) is 5. The van der Waals surface area contributed by atoms with Crippen molar-refractivity contribution in [3.8, 4) is 0 Å². The van der Waals surface area contributed by atoms with Gasteiger partial charge < -0.3 is 4.74 Å². The van der Waals surface area contributed by atoms with Crippen LogP contribution in [0, 0.1) is 6.92 Å². The number of nitrogens with zero attached hydrogens (tertiary/aromatic N) is 2. The molecule has 0 N–H and O–H groups in total. The highest BCUT2D eigenvalue weighted by molar-refractivity contribution is 7.99. The Morgan fingerprint density at radius 1 is 1.15 bits per heavy atom. The van der Waals surface area contributed by atoms with E-state index in [4.69, 9.17) is 4.74 Å². The van der Waals surface area contributed by atoms with Crippen LogP contribution in [0.1, 0.15) is 25.0 Å². The average Bonchev–Trinajstić information content (AvgIpc) is 2.64. The average molecular weight is 382 g/mol. The maximum Gasteiger partial charge on any atom is 0.316 e. The highest BCUT2D eigenvalue weighted by Crippen LogP contribution is 2.19. The summed E-state index contributed by atoms with van der Waals surface area (Å²) in [5.74, 6) is -0.212. The zero-order valence-corrected chi connectivity index (χ0v) is 16.5. The van der Waals surface area contributed by atoms with Gasteiger partial charge in [-0.05, 0) is 38.5 Å². The second kappa shape index (κ2) is 8.39. The number of hydrogen-bond donors (Lipinski definition) is 0. The van der Waals surface area contributed by atoms with Crippen molar-refractivity contribution in [2.45, 2.75) is 38.6 Å². The van der Waals surface area contributed by atoms with Gasteiger partial charge >= 0.3 is 5.97 Å². The smallest absolute Gasteiger partial charge is 0.316 e. The van der Waals surface area contributed by atoms with Crippen molar-refractivity contribution in [1.82, 2.24) is 9.55 Å². The van der Waals surface area contributed by atoms with Crippen LogP contribution in [0.25, 0.3) is 10.9 Å². The van der Waals surface area contributed by atoms with E-state index >= 15 is 0 Å². The van der Waals surface area contributed by atoms with Crippen molar-refractivity contribution < 1.29 is 9.53 Å². The Hall–Kier alpha value is -2.60. The molecule has 0 saturated carbocycles. The number of para-hydroxylation sites is 1. The molecule has 3 rings (SSSR count). The summed E-state index contributed by atoms with van der Waals surface area (Å²) in [6, 6.07) is 15.3. The molecular weight excluding hydrogens is 360 g/mol. The maximum atomic E-state index is 13.0. The molecule has 27 heavy (non-hydrogen) atoms. The molecule has 0 atom stereocenters. The van der Waals surface area contributed by atoms with Crippen LogP contribution >= 0.6 is 11.8 Å². The Bertz CT molecular complexity index is 1010. The molecule has 140 valence electrons. The second-order valence-corrected chi connectivity index (χ2v) is 7.56. The molecule has 0 fully saturated rings. The predicted molar refractivity (Wildman–Crippen MR) is 108 cm³/mol. The van der Waals surface area contributed by atoms with E-state index in [2.05, 4.69) is 4.98 Å². The number of carbonyl (C=O) groups is 1. The minimum absolute atomic E-state index is 0.108. The van der Waals surface area contributed by atoms with Crippen LogP contribution in [0.5, 0.6) is 0 Å². The number of benzene rings is 2. The van der Waals surface area contributed by atoms with Gasteiger partial charge in [-0.3, -0.25) is 14.2 Å². The first-order chi connectivity index (χ1) is 12.9. The summed E-state index contributed by atoms with van der Waals surface area (Å²) in [7, 11) is 0. The zero-order valence-electron chi connectivity index (χ0n) is 15.6. The van der Waals surface area contributed by atoms with Gasteiger partial charge in [-0.15, -0.1) is 0 Å². The van der Waals surface area contributed by atoms with E-state index in [0.29, 0.717) is 22.6 Å². The normalized spacial score (nSPS) is 11.1. The molecule has 0 bridgehead atoms. The van der Waals surface area contributed by atoms with E-state index in [1.54, 1.807) is 10.6 Å². The third-order valence-corrected chi connectivity index (χ3v) is 4.92. The fraction of sp³-hybridized carbons (Fsp3) is 0.286. The summed E-state index contributed by atoms with van der Waals surface area (Å²) in [6.07, 6.45) is -0.169. The van der Waals surface area contributed by atoms with Crippen molar-refractivity contribution in [2.75, 3.05) is 5.75 Å². The van der Waals surface area contributed by atoms with Gasteiger partial charge in [-0.25, -0.2) is 4.98 Å². The SMILES string of the molecule is Cc1ccc(Cn2c(SCC(=O)OC(C)C)nc3ccccc3c2=O)cc1. The lowest BCUT2D eigenvalue weighted by Gasteiger charge is -2.14. The van der Waals surface area contributed by atoms with Crippen molar-refractivity contribution in [3.05, 3.63) is 70.0 Å². The minimum atomic E-state index is -0.320. The number of carbonyl (C=O) groups excluding carboxylic acids is 1. The van der Waals surface area contributed by atoms with Gasteiger partial charge in [0.05, 0.1) is 29.3 Å². The number of aryl methyl sites for hydroxylation is 1. The molecule has 1 aromatic heterocycles. The Balaban J connectivity index is 1.97. The molecule has 0 aliphatic heterocycles. The molecule has 3 aromatic rings. The largest absolute Gasteiger partial charge is 0.462 e. The molecule has 0 saturated heterocycles. The van der Waals surface area contributed by atoms with Crippen LogP contribution in [-0.2, 0) is 16.1 Å². The Labute approximate surface area is 162 Å². The number of ether oxygens (including phenoxy) is 1. The van der Waals surface area contributed by atoms with E-state index in [1.807, 2.05) is 63.2 Å². The van der Waals surface area contributed by atoms with Gasteiger partial charge in [0.2, 0.25) is 0 Å². The Kier molecular flexibility index (Phi) is 5.96. The molecule has 5 nitrogen and oxygen atoms in total. The van der Waals surface area contributed by atoms with Gasteiger partial charge in [-0.1, -0.05) is 53.7 Å². The van der Waals surface area contributed by atoms with E-state index in [0.717, 1.165) is 11.1 Å². The number of rotatable bonds is 6. The predicted octanol–water partition coefficient (Wildman–Crippen LogP) is 3.80. The van der Waals surface area contributed by atoms with Crippen molar-refractivity contribution in [1.29, 1.82) is 0 Å². The third kappa shape index (κ3) is 4.77. The molecule has 6 heteroatoms. The monoisotopic (exact) mass is 382 g/mol. The molecule has 0 aliphatic carbocycles. The third-order valence-electron chi connectivity index (χ3n) is 3.97. The Morgan fingerprint density at radius 2 is 1.85 bits per heavy atom. The fourth-order valence-electron chi connectivity index (χ4n) is 2.69. The van der Waals surface area contributed by atoms with Crippen LogP contribution in [-0.4, -0.2) is 27.4 Å². The van der Waals surface area contributed by atoms with Gasteiger partial charge in [0.1, 0.15) is 0 Å². The first-order valence-corrected chi connectivity index (χ1v) is 9.80. The quantitative estimate of drug-likeness (QED) is 0.369. The van der Waals surface area contributed by atoms with Gasteiger partial charge in [-0.2, -0.15) is 0 Å². The van der Waals surface area contributed by atoms with E-state index in [1.165, 1.54) is 11.8 Å². The lowest BCUT2D eigenvalue weighted by molar-refractivity contribution is -0.144. The van der Waals surface area contributed by atoms with E-state index in [-0.39, 0.29) is 23.4 Å². The van der Waals surface area contributed by atoms with Crippen LogP contribution in [0.15, 0.2) is 58.5 Å². The molecule has 0 aliphatic rings. The van der Waals surface area contributed by atoms with Crippen molar-refractivity contribution in [3.63, 3.8) is 0 Å². The molecule has 1 heterocycles. The lowest BCUT2D eigenvalue weighted by atomic mass is 10.1. The first kappa shape index (κ1) is 19.2. The van der Waals surface area contributed by atoms with Crippen LogP contribution in [0.4, 0.5) is 0 Å². The summed E-state index contributed by atoms with van der Waals surface area (Å²) in [5.41, 5.74) is 2.68. The topological polar surface area (TPSA) is 61.2 Å². The highest BCUT2D eigenvalue weighted by atomic mass is 32.2.